The van der Waals surface area contributed by atoms with Gasteiger partial charge in [0.25, 0.3) is 11.7 Å². The first-order valence-electron chi connectivity index (χ1n) is 12.2. The summed E-state index contributed by atoms with van der Waals surface area (Å²) in [5.74, 6) is -1.85. The average molecular weight is 508 g/mol. The van der Waals surface area contributed by atoms with Gasteiger partial charge >= 0.3 is 0 Å². The molecule has 0 bridgehead atoms. The minimum absolute atomic E-state index is 0.0501. The predicted octanol–water partition coefficient (Wildman–Crippen LogP) is 6.65. The van der Waals surface area contributed by atoms with Crippen LogP contribution in [0.3, 0.4) is 0 Å². The van der Waals surface area contributed by atoms with Gasteiger partial charge < -0.3 is 9.84 Å². The van der Waals surface area contributed by atoms with Crippen LogP contribution in [0.2, 0.25) is 0 Å². The largest absolute Gasteiger partial charge is 0.507 e. The van der Waals surface area contributed by atoms with Crippen LogP contribution in [0.15, 0.2) is 103 Å². The highest BCUT2D eigenvalue weighted by Gasteiger charge is 2.47. The number of hydrogen-bond donors (Lipinski definition) is 1. The first-order valence-corrected chi connectivity index (χ1v) is 12.2. The van der Waals surface area contributed by atoms with Crippen molar-refractivity contribution in [3.8, 4) is 5.75 Å². The van der Waals surface area contributed by atoms with E-state index in [0.717, 1.165) is 16.7 Å². The molecular weight excluding hydrogens is 481 g/mol. The monoisotopic (exact) mass is 507 g/mol. The molecule has 1 amide bonds. The van der Waals surface area contributed by atoms with Gasteiger partial charge in [-0.3, -0.25) is 14.5 Å². The Balaban J connectivity index is 1.57. The Morgan fingerprint density at radius 3 is 2.32 bits per heavy atom. The van der Waals surface area contributed by atoms with Gasteiger partial charge in [0, 0.05) is 11.3 Å². The van der Waals surface area contributed by atoms with E-state index in [2.05, 4.69) is 0 Å². The van der Waals surface area contributed by atoms with E-state index in [1.165, 1.54) is 23.1 Å². The number of aliphatic hydroxyl groups is 1. The Hall–Kier alpha value is -4.71. The van der Waals surface area contributed by atoms with E-state index in [0.29, 0.717) is 23.5 Å². The van der Waals surface area contributed by atoms with Crippen LogP contribution in [0.4, 0.5) is 10.1 Å². The van der Waals surface area contributed by atoms with Crippen molar-refractivity contribution in [1.82, 2.24) is 0 Å². The van der Waals surface area contributed by atoms with Crippen molar-refractivity contribution < 1.29 is 23.8 Å². The number of carbonyl (C=O) groups excluding carboxylic acids is 2. The Kier molecular flexibility index (Phi) is 6.79. The number of benzene rings is 4. The summed E-state index contributed by atoms with van der Waals surface area (Å²) in [6, 6.07) is 26.8. The number of ketones is 1. The smallest absolute Gasteiger partial charge is 0.300 e. The highest BCUT2D eigenvalue weighted by molar-refractivity contribution is 6.51. The quantitative estimate of drug-likeness (QED) is 0.180. The molecule has 5 rings (SSSR count). The van der Waals surface area contributed by atoms with E-state index < -0.39 is 23.5 Å². The van der Waals surface area contributed by atoms with Crippen molar-refractivity contribution in [1.29, 1.82) is 0 Å². The predicted molar refractivity (Wildman–Crippen MR) is 144 cm³/mol. The number of anilines is 1. The fraction of sp³-hybridized carbons (Fsp3) is 0.125. The second kappa shape index (κ2) is 10.3. The summed E-state index contributed by atoms with van der Waals surface area (Å²) in [5.41, 5.74) is 3.84. The van der Waals surface area contributed by atoms with Crippen molar-refractivity contribution in [3.05, 3.63) is 136 Å². The fourth-order valence-electron chi connectivity index (χ4n) is 4.76. The normalized spacial score (nSPS) is 16.6. The fourth-order valence-corrected chi connectivity index (χ4v) is 4.76. The Bertz CT molecular complexity index is 1560. The van der Waals surface area contributed by atoms with Gasteiger partial charge in [-0.25, -0.2) is 4.39 Å². The van der Waals surface area contributed by atoms with Crippen LogP contribution in [0.1, 0.15) is 33.9 Å². The van der Waals surface area contributed by atoms with Gasteiger partial charge in [-0.05, 0) is 72.5 Å². The molecule has 1 atom stereocenters. The van der Waals surface area contributed by atoms with Gasteiger partial charge in [-0.1, -0.05) is 60.7 Å². The summed E-state index contributed by atoms with van der Waals surface area (Å²) in [5, 5.41) is 11.4. The van der Waals surface area contributed by atoms with Crippen molar-refractivity contribution in [2.24, 2.45) is 0 Å². The van der Waals surface area contributed by atoms with E-state index >= 15 is 0 Å². The van der Waals surface area contributed by atoms with Crippen LogP contribution in [0.25, 0.3) is 5.76 Å². The summed E-state index contributed by atoms with van der Waals surface area (Å²) >= 11 is 0. The van der Waals surface area contributed by atoms with Gasteiger partial charge in [0.15, 0.2) is 0 Å². The van der Waals surface area contributed by atoms with Gasteiger partial charge in [0.05, 0.1) is 11.6 Å². The number of aryl methyl sites for hydroxylation is 2. The average Bonchev–Trinajstić information content (AvgIpc) is 3.18. The lowest BCUT2D eigenvalue weighted by molar-refractivity contribution is -0.132. The zero-order chi connectivity index (χ0) is 26.8. The van der Waals surface area contributed by atoms with Crippen LogP contribution >= 0.6 is 0 Å². The van der Waals surface area contributed by atoms with Crippen molar-refractivity contribution >= 4 is 23.1 Å². The van der Waals surface area contributed by atoms with Crippen molar-refractivity contribution in [2.45, 2.75) is 26.5 Å². The van der Waals surface area contributed by atoms with Gasteiger partial charge in [0.2, 0.25) is 0 Å². The molecule has 6 heteroatoms. The number of ether oxygens (including phenoxy) is 1. The molecule has 1 aliphatic rings. The molecule has 0 spiro atoms. The summed E-state index contributed by atoms with van der Waals surface area (Å²) < 4.78 is 20.1. The number of halogens is 1. The van der Waals surface area contributed by atoms with E-state index in [9.17, 15) is 19.1 Å². The van der Waals surface area contributed by atoms with Crippen molar-refractivity contribution in [2.75, 3.05) is 4.90 Å². The molecule has 1 aliphatic heterocycles. The van der Waals surface area contributed by atoms with Crippen molar-refractivity contribution in [3.63, 3.8) is 0 Å². The van der Waals surface area contributed by atoms with Crippen LogP contribution in [0, 0.1) is 19.7 Å². The molecule has 0 radical (unpaired) electrons. The first-order chi connectivity index (χ1) is 18.3. The third-order valence-corrected chi connectivity index (χ3v) is 6.70. The van der Waals surface area contributed by atoms with Crippen LogP contribution in [-0.4, -0.2) is 16.8 Å². The summed E-state index contributed by atoms with van der Waals surface area (Å²) in [4.78, 5) is 27.9. The Morgan fingerprint density at radius 1 is 0.868 bits per heavy atom. The highest BCUT2D eigenvalue weighted by Crippen LogP contribution is 2.43. The van der Waals surface area contributed by atoms with E-state index in [-0.39, 0.29) is 17.0 Å². The third-order valence-electron chi connectivity index (χ3n) is 6.70. The standard InChI is InChI=1S/C32H26FNO4/c1-20-9-6-7-14-26(20)29-28(31(36)32(37)34(29)25-13-8-12-24(33)18-25)30(35)23-15-16-27(21(2)17-23)38-19-22-10-4-3-5-11-22/h3-18,29,35H,19H2,1-2H3/b30-28+. The van der Waals surface area contributed by atoms with Gasteiger partial charge in [-0.15, -0.1) is 0 Å². The molecule has 5 nitrogen and oxygen atoms in total. The summed E-state index contributed by atoms with van der Waals surface area (Å²) in [6.45, 7) is 4.10. The molecule has 1 heterocycles. The lowest BCUT2D eigenvalue weighted by atomic mass is 9.92. The van der Waals surface area contributed by atoms with Gasteiger partial charge in [0.1, 0.15) is 23.9 Å². The number of amides is 1. The molecule has 4 aromatic rings. The molecule has 0 aliphatic carbocycles. The maximum absolute atomic E-state index is 14.1. The number of Topliss-reactive ketones (excluding diaryl/α,β-unsaturated/α-hetero) is 1. The second-order valence-corrected chi connectivity index (χ2v) is 9.26. The minimum Gasteiger partial charge on any atom is -0.507 e. The molecular formula is C32H26FNO4. The van der Waals surface area contributed by atoms with Crippen LogP contribution < -0.4 is 9.64 Å². The Labute approximate surface area is 220 Å². The highest BCUT2D eigenvalue weighted by atomic mass is 19.1. The molecule has 1 saturated heterocycles. The molecule has 190 valence electrons. The molecule has 1 unspecified atom stereocenters. The maximum atomic E-state index is 14.1. The maximum Gasteiger partial charge on any atom is 0.300 e. The molecule has 4 aromatic carbocycles. The van der Waals surface area contributed by atoms with E-state index in [1.54, 1.807) is 36.4 Å². The number of rotatable bonds is 6. The van der Waals surface area contributed by atoms with E-state index in [4.69, 9.17) is 4.74 Å². The number of aliphatic hydroxyl groups excluding tert-OH is 1. The SMILES string of the molecule is Cc1cc(/C(O)=C2\C(=O)C(=O)N(c3cccc(F)c3)C2c2ccccc2C)ccc1OCc1ccccc1. The minimum atomic E-state index is -0.924. The van der Waals surface area contributed by atoms with Gasteiger partial charge in [-0.2, -0.15) is 0 Å². The molecule has 0 aromatic heterocycles. The van der Waals surface area contributed by atoms with Crippen LogP contribution in [-0.2, 0) is 16.2 Å². The molecule has 1 N–H and O–H groups in total. The zero-order valence-electron chi connectivity index (χ0n) is 21.0. The molecule has 0 saturated carbocycles. The van der Waals surface area contributed by atoms with E-state index in [1.807, 2.05) is 56.3 Å². The number of hydrogen-bond acceptors (Lipinski definition) is 4. The number of carbonyl (C=O) groups is 2. The summed E-state index contributed by atoms with van der Waals surface area (Å²) in [7, 11) is 0. The Morgan fingerprint density at radius 2 is 1.61 bits per heavy atom. The first kappa shape index (κ1) is 25.0. The third kappa shape index (κ3) is 4.68. The number of nitrogens with zero attached hydrogens (tertiary/aromatic N) is 1. The molecule has 38 heavy (non-hydrogen) atoms. The summed E-state index contributed by atoms with van der Waals surface area (Å²) in [6.07, 6.45) is 0. The topological polar surface area (TPSA) is 66.8 Å². The zero-order valence-corrected chi connectivity index (χ0v) is 21.0. The van der Waals surface area contributed by atoms with Crippen LogP contribution in [0.5, 0.6) is 5.75 Å². The lowest BCUT2D eigenvalue weighted by Gasteiger charge is -2.26. The molecule has 1 fully saturated rings. The lowest BCUT2D eigenvalue weighted by Crippen LogP contribution is -2.29. The second-order valence-electron chi connectivity index (χ2n) is 9.26.